The van der Waals surface area contributed by atoms with Crippen LogP contribution in [0.25, 0.3) is 0 Å². The van der Waals surface area contributed by atoms with Crippen molar-refractivity contribution in [3.05, 3.63) is 0 Å². The summed E-state index contributed by atoms with van der Waals surface area (Å²) >= 11 is 0. The van der Waals surface area contributed by atoms with Crippen molar-refractivity contribution in [3.8, 4) is 0 Å². The number of halogens is 6. The van der Waals surface area contributed by atoms with Gasteiger partial charge < -0.3 is 9.22 Å². The summed E-state index contributed by atoms with van der Waals surface area (Å²) in [4.78, 5) is 0. The zero-order valence-electron chi connectivity index (χ0n) is 10.6. The Morgan fingerprint density at radius 1 is 1.00 bits per heavy atom. The summed E-state index contributed by atoms with van der Waals surface area (Å²) in [5.74, 6) is 0. The van der Waals surface area contributed by atoms with E-state index in [1.165, 1.54) is 0 Å². The van der Waals surface area contributed by atoms with Gasteiger partial charge in [0.25, 0.3) is 0 Å². The van der Waals surface area contributed by atoms with Crippen LogP contribution in [0.2, 0.25) is 0 Å². The van der Waals surface area contributed by atoms with Gasteiger partial charge in [-0.2, -0.15) is 0 Å². The van der Waals surface area contributed by atoms with Crippen LogP contribution in [0.3, 0.4) is 0 Å². The van der Waals surface area contributed by atoms with Crippen LogP contribution in [0, 0.1) is 0 Å². The van der Waals surface area contributed by atoms with E-state index in [2.05, 4.69) is 34.9 Å². The molecule has 0 fully saturated rings. The zero-order chi connectivity index (χ0) is 14.6. The number of ether oxygens (including phenoxy) is 1. The number of hydrogen-bond acceptors (Lipinski definition) is 1. The minimum atomic E-state index is -10.7. The van der Waals surface area contributed by atoms with E-state index in [9.17, 15) is 25.2 Å². The van der Waals surface area contributed by atoms with Crippen LogP contribution >= 0.6 is 7.81 Å². The van der Waals surface area contributed by atoms with Crippen molar-refractivity contribution >= 4 is 7.81 Å². The van der Waals surface area contributed by atoms with E-state index in [0.717, 1.165) is 17.8 Å². The first-order valence-electron chi connectivity index (χ1n) is 4.93. The fraction of sp³-hybridized carbons (Fsp3) is 1.00. The Morgan fingerprint density at radius 2 is 1.29 bits per heavy atom. The molecule has 0 atom stereocenters. The average Bonchev–Trinajstić information content (AvgIpc) is 1.95. The Hall–Kier alpha value is -0.0700. The predicted octanol–water partition coefficient (Wildman–Crippen LogP) is 4.85. The number of hydrogen-bond donors (Lipinski definition) is 0. The number of quaternary nitrogens is 1. The van der Waals surface area contributed by atoms with Crippen LogP contribution in [0.15, 0.2) is 0 Å². The van der Waals surface area contributed by atoms with E-state index in [1.807, 2.05) is 0 Å². The van der Waals surface area contributed by atoms with Crippen LogP contribution in [0.1, 0.15) is 20.8 Å². The van der Waals surface area contributed by atoms with Crippen molar-refractivity contribution in [3.63, 3.8) is 0 Å². The van der Waals surface area contributed by atoms with Gasteiger partial charge in [0, 0.05) is 0 Å². The molecule has 0 aromatic carbocycles. The fourth-order valence-electron chi connectivity index (χ4n) is 0.442. The SMILES string of the molecule is CC[N+](C)(C)COC(C)C.F[P-](F)(F)(F)(F)F. The van der Waals surface area contributed by atoms with Gasteiger partial charge in [-0.1, -0.05) is 0 Å². The Kier molecular flexibility index (Phi) is 5.55. The zero-order valence-corrected chi connectivity index (χ0v) is 11.5. The van der Waals surface area contributed by atoms with Gasteiger partial charge in [-0.25, -0.2) is 0 Å². The van der Waals surface area contributed by atoms with Crippen LogP contribution in [0.4, 0.5) is 25.2 Å². The van der Waals surface area contributed by atoms with E-state index < -0.39 is 7.81 Å². The average molecular weight is 291 g/mol. The summed E-state index contributed by atoms with van der Waals surface area (Å²) < 4.78 is 65.6. The topological polar surface area (TPSA) is 9.23 Å². The maximum absolute atomic E-state index is 10.7. The van der Waals surface area contributed by atoms with Crippen molar-refractivity contribution in [2.24, 2.45) is 0 Å². The molecule has 0 aromatic rings. The Labute approximate surface area is 97.4 Å². The number of nitrogens with zero attached hydrogens (tertiary/aromatic N) is 1. The van der Waals surface area contributed by atoms with Crippen molar-refractivity contribution in [2.75, 3.05) is 27.4 Å². The summed E-state index contributed by atoms with van der Waals surface area (Å²) in [6.07, 6.45) is 0.351. The maximum atomic E-state index is 9.87. The van der Waals surface area contributed by atoms with E-state index in [4.69, 9.17) is 4.74 Å². The summed E-state index contributed by atoms with van der Waals surface area (Å²) in [5, 5.41) is 0. The van der Waals surface area contributed by atoms with Crippen molar-refractivity contribution in [1.82, 2.24) is 0 Å². The molecule has 110 valence electrons. The number of rotatable bonds is 4. The van der Waals surface area contributed by atoms with Gasteiger partial charge in [-0.15, -0.1) is 0 Å². The van der Waals surface area contributed by atoms with Crippen LogP contribution in [-0.4, -0.2) is 38.0 Å². The van der Waals surface area contributed by atoms with Gasteiger partial charge in [0.1, 0.15) is 0 Å². The molecule has 0 aromatic heterocycles. The molecule has 0 unspecified atom stereocenters. The molecule has 0 amide bonds. The Morgan fingerprint density at radius 3 is 1.47 bits per heavy atom. The van der Waals surface area contributed by atoms with Crippen molar-refractivity contribution < 1.29 is 34.4 Å². The van der Waals surface area contributed by atoms with Crippen LogP contribution in [-0.2, 0) is 4.74 Å². The van der Waals surface area contributed by atoms with E-state index in [0.29, 0.717) is 6.10 Å². The minimum absolute atomic E-state index is 0.351. The van der Waals surface area contributed by atoms with E-state index >= 15 is 0 Å². The standard InChI is InChI=1S/C8H20NO.F6P/c1-6-9(4,5)7-10-8(2)3;1-7(2,3,4,5)6/h8H,6-7H2,1-5H3;/q+1;-1. The summed E-state index contributed by atoms with van der Waals surface area (Å²) in [6.45, 7) is 8.23. The molecular weight excluding hydrogens is 271 g/mol. The molecule has 0 aliphatic carbocycles. The monoisotopic (exact) mass is 291 g/mol. The van der Waals surface area contributed by atoms with Gasteiger partial charge in [0.15, 0.2) is 6.73 Å². The second-order valence-corrected chi connectivity index (χ2v) is 6.47. The second kappa shape index (κ2) is 4.90. The third kappa shape index (κ3) is 38.8. The van der Waals surface area contributed by atoms with Gasteiger partial charge in [-0.05, 0) is 20.8 Å². The third-order valence-electron chi connectivity index (χ3n) is 1.61. The summed E-state index contributed by atoms with van der Waals surface area (Å²) in [5.41, 5.74) is 0. The van der Waals surface area contributed by atoms with Crippen molar-refractivity contribution in [2.45, 2.75) is 26.9 Å². The van der Waals surface area contributed by atoms with Gasteiger partial charge >= 0.3 is 33.0 Å². The first kappa shape index (κ1) is 19.3. The first-order chi connectivity index (χ1) is 6.93. The molecule has 0 aliphatic rings. The molecule has 0 heterocycles. The molecule has 0 aliphatic heterocycles. The molecule has 17 heavy (non-hydrogen) atoms. The molecule has 0 saturated heterocycles. The molecule has 2 nitrogen and oxygen atoms in total. The summed E-state index contributed by atoms with van der Waals surface area (Å²) in [7, 11) is -6.32. The quantitative estimate of drug-likeness (QED) is 0.311. The fourth-order valence-corrected chi connectivity index (χ4v) is 0.442. The van der Waals surface area contributed by atoms with Gasteiger partial charge in [-0.3, -0.25) is 0 Å². The molecule has 0 spiro atoms. The predicted molar refractivity (Wildman–Crippen MR) is 57.3 cm³/mol. The van der Waals surface area contributed by atoms with Crippen LogP contribution < -0.4 is 0 Å². The molecule has 0 rings (SSSR count). The summed E-state index contributed by atoms with van der Waals surface area (Å²) in [6, 6.07) is 0. The first-order valence-corrected chi connectivity index (χ1v) is 6.96. The van der Waals surface area contributed by atoms with Crippen LogP contribution in [0.5, 0.6) is 0 Å². The molecule has 0 saturated carbocycles. The second-order valence-electron chi connectivity index (χ2n) is 4.55. The van der Waals surface area contributed by atoms with E-state index in [-0.39, 0.29) is 0 Å². The van der Waals surface area contributed by atoms with Gasteiger partial charge in [0.2, 0.25) is 0 Å². The molecular formula is C8H20F6NOP. The van der Waals surface area contributed by atoms with E-state index in [1.54, 1.807) is 0 Å². The molecule has 0 bridgehead atoms. The third-order valence-corrected chi connectivity index (χ3v) is 1.61. The normalized spacial score (nSPS) is 16.9. The molecule has 0 radical (unpaired) electrons. The molecule has 0 N–H and O–H groups in total. The Balaban J connectivity index is 0. The van der Waals surface area contributed by atoms with Gasteiger partial charge in [0.05, 0.1) is 26.7 Å². The molecule has 9 heteroatoms. The Bertz CT molecular complexity index is 222. The van der Waals surface area contributed by atoms with Crippen molar-refractivity contribution in [1.29, 1.82) is 0 Å².